The van der Waals surface area contributed by atoms with Crippen molar-refractivity contribution in [1.29, 1.82) is 0 Å². The molecule has 39 heavy (non-hydrogen) atoms. The predicted octanol–water partition coefficient (Wildman–Crippen LogP) is 8.04. The second kappa shape index (κ2) is 13.9. The van der Waals surface area contributed by atoms with Crippen molar-refractivity contribution in [3.8, 4) is 0 Å². The first-order chi connectivity index (χ1) is 18.5. The van der Waals surface area contributed by atoms with Crippen molar-refractivity contribution in [3.63, 3.8) is 0 Å². The van der Waals surface area contributed by atoms with Crippen molar-refractivity contribution >= 4 is 41.7 Å². The summed E-state index contributed by atoms with van der Waals surface area (Å²) in [6, 6.07) is 26.8. The van der Waals surface area contributed by atoms with E-state index in [-0.39, 0.29) is 23.9 Å². The third-order valence-corrected chi connectivity index (χ3v) is 8.91. The minimum atomic E-state index is -0.331. The third kappa shape index (κ3) is 7.70. The van der Waals surface area contributed by atoms with Crippen LogP contribution in [0.4, 0.5) is 4.79 Å². The van der Waals surface area contributed by atoms with Crippen molar-refractivity contribution in [1.82, 2.24) is 9.80 Å². The van der Waals surface area contributed by atoms with Gasteiger partial charge >= 0.3 is 6.09 Å². The van der Waals surface area contributed by atoms with Crippen LogP contribution in [-0.2, 0) is 23.1 Å². The van der Waals surface area contributed by atoms with E-state index >= 15 is 0 Å². The molecule has 1 atom stereocenters. The van der Waals surface area contributed by atoms with Crippen molar-refractivity contribution in [2.24, 2.45) is 5.92 Å². The summed E-state index contributed by atoms with van der Waals surface area (Å²) in [6.45, 7) is 4.82. The van der Waals surface area contributed by atoms with Crippen LogP contribution in [0, 0.1) is 5.92 Å². The van der Waals surface area contributed by atoms with Gasteiger partial charge in [-0.1, -0.05) is 89.9 Å². The molecule has 0 bridgehead atoms. The van der Waals surface area contributed by atoms with Gasteiger partial charge in [0.05, 0.1) is 10.0 Å². The fourth-order valence-electron chi connectivity index (χ4n) is 5.99. The lowest BCUT2D eigenvalue weighted by molar-refractivity contribution is 0.0192. The predicted molar refractivity (Wildman–Crippen MR) is 162 cm³/mol. The molecule has 1 unspecified atom stereocenters. The van der Waals surface area contributed by atoms with E-state index in [9.17, 15) is 4.79 Å². The van der Waals surface area contributed by atoms with E-state index in [4.69, 9.17) is 27.9 Å². The number of carbonyl (C=O) groups is 1. The molecule has 0 aromatic heterocycles. The largest absolute Gasteiger partial charge is 0.448 e. The molecule has 2 aliphatic rings. The van der Waals surface area contributed by atoms with E-state index in [0.29, 0.717) is 29.7 Å². The molecule has 3 aromatic rings. The number of hydrogen-bond donors (Lipinski definition) is 0. The van der Waals surface area contributed by atoms with E-state index in [2.05, 4.69) is 35.2 Å². The topological polar surface area (TPSA) is 32.8 Å². The van der Waals surface area contributed by atoms with Crippen molar-refractivity contribution in [2.75, 3.05) is 32.8 Å². The van der Waals surface area contributed by atoms with Gasteiger partial charge in [-0.25, -0.2) is 4.79 Å². The lowest BCUT2D eigenvalue weighted by Crippen LogP contribution is -2.52. The summed E-state index contributed by atoms with van der Waals surface area (Å²) < 4.78 is 5.81. The minimum absolute atomic E-state index is 0. The average molecular weight is 588 g/mol. The van der Waals surface area contributed by atoms with Crippen LogP contribution in [-0.4, -0.2) is 48.7 Å². The lowest BCUT2D eigenvalue weighted by atomic mass is 9.76. The van der Waals surface area contributed by atoms with Crippen LogP contribution < -0.4 is 0 Å². The summed E-state index contributed by atoms with van der Waals surface area (Å²) in [5.74, 6) is 0.764. The van der Waals surface area contributed by atoms with E-state index in [1.165, 1.54) is 24.8 Å². The van der Waals surface area contributed by atoms with Crippen molar-refractivity contribution in [3.05, 3.63) is 106 Å². The first-order valence-corrected chi connectivity index (χ1v) is 14.4. The van der Waals surface area contributed by atoms with E-state index in [1.54, 1.807) is 0 Å². The van der Waals surface area contributed by atoms with Gasteiger partial charge in [0, 0.05) is 18.5 Å². The zero-order valence-electron chi connectivity index (χ0n) is 22.2. The molecule has 0 radical (unpaired) electrons. The Morgan fingerprint density at radius 2 is 1.54 bits per heavy atom. The number of ether oxygens (including phenoxy) is 1. The van der Waals surface area contributed by atoms with Gasteiger partial charge in [0.2, 0.25) is 0 Å². The number of amides is 1. The highest BCUT2D eigenvalue weighted by molar-refractivity contribution is 6.42. The Morgan fingerprint density at radius 3 is 2.21 bits per heavy atom. The van der Waals surface area contributed by atoms with Gasteiger partial charge in [-0.3, -0.25) is 0 Å². The Morgan fingerprint density at radius 1 is 0.872 bits per heavy atom. The van der Waals surface area contributed by atoms with Crippen LogP contribution in [0.5, 0.6) is 0 Å². The van der Waals surface area contributed by atoms with Crippen LogP contribution in [0.3, 0.4) is 0 Å². The molecule has 2 saturated heterocycles. The molecular weight excluding hydrogens is 551 g/mol. The van der Waals surface area contributed by atoms with Gasteiger partial charge in [0.15, 0.2) is 0 Å². The molecule has 0 saturated carbocycles. The maximum atomic E-state index is 12.8. The minimum Gasteiger partial charge on any atom is -0.448 e. The van der Waals surface area contributed by atoms with Crippen molar-refractivity contribution in [2.45, 2.75) is 44.1 Å². The summed E-state index contributed by atoms with van der Waals surface area (Å²) in [5, 5.41) is 1.08. The first kappa shape index (κ1) is 29.7. The zero-order chi connectivity index (χ0) is 26.4. The molecule has 5 rings (SSSR count). The normalized spacial score (nSPS) is 20.4. The Hall–Kier alpha value is -2.24. The number of hydrogen-bond acceptors (Lipinski definition) is 3. The maximum Gasteiger partial charge on any atom is 0.410 e. The second-order valence-corrected chi connectivity index (χ2v) is 11.7. The van der Waals surface area contributed by atoms with Gasteiger partial charge in [0.1, 0.15) is 6.61 Å². The quantitative estimate of drug-likeness (QED) is 0.254. The van der Waals surface area contributed by atoms with Crippen LogP contribution in [0.1, 0.15) is 42.4 Å². The van der Waals surface area contributed by atoms with Crippen LogP contribution in [0.2, 0.25) is 10.0 Å². The van der Waals surface area contributed by atoms with Crippen LogP contribution >= 0.6 is 35.6 Å². The number of piperidine rings is 1. The standard InChI is InChI=1S/C32H36Cl2N2O2.ClH/c33-29-13-12-28(21-30(29)34)32(23-36(31(37)38-24-32)22-27-10-5-2-6-11-27)16-7-17-35-18-14-26(15-19-35)20-25-8-3-1-4-9-25;/h1-6,8-13,21,26H,7,14-20,22-24H2;1H. The molecule has 7 heteroatoms. The molecular formula is C32H37Cl3N2O2. The molecule has 2 fully saturated rings. The molecule has 2 aliphatic heterocycles. The number of cyclic esters (lactones) is 1. The lowest BCUT2D eigenvalue weighted by Gasteiger charge is -2.43. The van der Waals surface area contributed by atoms with Crippen molar-refractivity contribution < 1.29 is 9.53 Å². The van der Waals surface area contributed by atoms with Crippen LogP contribution in [0.15, 0.2) is 78.9 Å². The Balaban J connectivity index is 0.00000353. The highest BCUT2D eigenvalue weighted by atomic mass is 35.5. The number of halogens is 3. The van der Waals surface area contributed by atoms with E-state index in [1.807, 2.05) is 53.4 Å². The molecule has 4 nitrogen and oxygen atoms in total. The highest BCUT2D eigenvalue weighted by Crippen LogP contribution is 2.38. The van der Waals surface area contributed by atoms with Gasteiger partial charge in [0.25, 0.3) is 0 Å². The van der Waals surface area contributed by atoms with Gasteiger partial charge in [-0.15, -0.1) is 12.4 Å². The molecule has 1 amide bonds. The number of likely N-dealkylation sites (tertiary alicyclic amines) is 1. The SMILES string of the molecule is Cl.O=C1OCC(CCCN2CCC(Cc3ccccc3)CC2)(c2ccc(Cl)c(Cl)c2)CN1Cc1ccccc1. The smallest absolute Gasteiger partial charge is 0.410 e. The number of nitrogens with zero attached hydrogens (tertiary/aromatic N) is 2. The number of carbonyl (C=O) groups excluding carboxylic acids is 1. The molecule has 208 valence electrons. The fraction of sp³-hybridized carbons (Fsp3) is 0.406. The zero-order valence-corrected chi connectivity index (χ0v) is 24.6. The summed E-state index contributed by atoms with van der Waals surface area (Å²) in [4.78, 5) is 17.2. The molecule has 0 N–H and O–H groups in total. The fourth-order valence-corrected chi connectivity index (χ4v) is 6.29. The van der Waals surface area contributed by atoms with Crippen LogP contribution in [0.25, 0.3) is 0 Å². The Labute approximate surface area is 248 Å². The molecule has 3 aromatic carbocycles. The number of benzene rings is 3. The average Bonchev–Trinajstić information content (AvgIpc) is 2.94. The molecule has 2 heterocycles. The Bertz CT molecular complexity index is 1200. The van der Waals surface area contributed by atoms with Gasteiger partial charge in [-0.2, -0.15) is 0 Å². The maximum absolute atomic E-state index is 12.8. The summed E-state index contributed by atoms with van der Waals surface area (Å²) in [5.41, 5.74) is 3.29. The summed E-state index contributed by atoms with van der Waals surface area (Å²) in [6.07, 6.45) is 5.35. The van der Waals surface area contributed by atoms with Gasteiger partial charge < -0.3 is 14.5 Å². The molecule has 0 aliphatic carbocycles. The van der Waals surface area contributed by atoms with Gasteiger partial charge in [-0.05, 0) is 86.5 Å². The van der Waals surface area contributed by atoms with E-state index in [0.717, 1.165) is 49.5 Å². The second-order valence-electron chi connectivity index (χ2n) is 10.9. The Kier molecular flexibility index (Phi) is 10.6. The third-order valence-electron chi connectivity index (χ3n) is 8.18. The highest BCUT2D eigenvalue weighted by Gasteiger charge is 2.41. The summed E-state index contributed by atoms with van der Waals surface area (Å²) >= 11 is 12.7. The summed E-state index contributed by atoms with van der Waals surface area (Å²) in [7, 11) is 0. The number of rotatable bonds is 9. The molecule has 0 spiro atoms. The van der Waals surface area contributed by atoms with E-state index < -0.39 is 0 Å². The monoisotopic (exact) mass is 586 g/mol. The first-order valence-electron chi connectivity index (χ1n) is 13.7.